The highest BCUT2D eigenvalue weighted by atomic mass is 16.5. The van der Waals surface area contributed by atoms with Crippen LogP contribution in [-0.2, 0) is 11.3 Å². The van der Waals surface area contributed by atoms with Gasteiger partial charge in [0.1, 0.15) is 0 Å². The molecular formula is C17H26N2O2. The highest BCUT2D eigenvalue weighted by Crippen LogP contribution is 2.47. The average Bonchev–Trinajstić information content (AvgIpc) is 3.29. The molecular weight excluding hydrogens is 264 g/mol. The number of rotatable bonds is 7. The minimum atomic E-state index is 0.315. The number of hydrogen-bond acceptors (Lipinski definition) is 4. The van der Waals surface area contributed by atoms with Crippen LogP contribution in [0.4, 0.5) is 5.69 Å². The Bertz CT molecular complexity index is 437. The van der Waals surface area contributed by atoms with Crippen molar-refractivity contribution in [3.05, 3.63) is 29.8 Å². The Morgan fingerprint density at radius 3 is 2.48 bits per heavy atom. The van der Waals surface area contributed by atoms with Gasteiger partial charge in [0.05, 0.1) is 13.2 Å². The number of benzene rings is 1. The summed E-state index contributed by atoms with van der Waals surface area (Å²) in [7, 11) is 0. The summed E-state index contributed by atoms with van der Waals surface area (Å²) in [5.41, 5.74) is 3.01. The molecule has 1 aromatic carbocycles. The Labute approximate surface area is 127 Å². The van der Waals surface area contributed by atoms with Crippen molar-refractivity contribution in [3.8, 4) is 0 Å². The maximum absolute atomic E-state index is 9.07. The van der Waals surface area contributed by atoms with Gasteiger partial charge >= 0.3 is 0 Å². The van der Waals surface area contributed by atoms with Crippen molar-refractivity contribution >= 4 is 5.69 Å². The SMILES string of the molecule is OCCC1(CNCc2ccc(N3CCOCC3)cc2)CC1. The number of morpholine rings is 1. The fourth-order valence-electron chi connectivity index (χ4n) is 3.05. The Hall–Kier alpha value is -1.10. The summed E-state index contributed by atoms with van der Waals surface area (Å²) >= 11 is 0. The van der Waals surface area contributed by atoms with Crippen molar-refractivity contribution in [1.29, 1.82) is 0 Å². The molecule has 0 amide bonds. The Balaban J connectivity index is 1.46. The molecule has 2 aliphatic rings. The molecule has 2 fully saturated rings. The minimum absolute atomic E-state index is 0.315. The zero-order chi connectivity index (χ0) is 14.5. The summed E-state index contributed by atoms with van der Waals surface area (Å²) in [6.07, 6.45) is 3.46. The van der Waals surface area contributed by atoms with Gasteiger partial charge in [0.2, 0.25) is 0 Å². The number of aliphatic hydroxyl groups excluding tert-OH is 1. The van der Waals surface area contributed by atoms with Gasteiger partial charge in [-0.05, 0) is 42.4 Å². The standard InChI is InChI=1S/C17H26N2O2/c20-10-7-17(5-6-17)14-18-13-15-1-3-16(4-2-15)19-8-11-21-12-9-19/h1-4,18,20H,5-14H2. The second-order valence-corrected chi connectivity index (χ2v) is 6.34. The third-order valence-electron chi connectivity index (χ3n) is 4.74. The molecule has 0 radical (unpaired) electrons. The number of aliphatic hydroxyl groups is 1. The molecule has 4 heteroatoms. The Morgan fingerprint density at radius 2 is 1.86 bits per heavy atom. The minimum Gasteiger partial charge on any atom is -0.396 e. The van der Waals surface area contributed by atoms with Crippen molar-refractivity contribution in [1.82, 2.24) is 5.32 Å². The van der Waals surface area contributed by atoms with E-state index in [4.69, 9.17) is 9.84 Å². The van der Waals surface area contributed by atoms with Crippen molar-refractivity contribution < 1.29 is 9.84 Å². The van der Waals surface area contributed by atoms with Gasteiger partial charge in [0, 0.05) is 38.5 Å². The van der Waals surface area contributed by atoms with Gasteiger partial charge in [-0.3, -0.25) is 0 Å². The van der Waals surface area contributed by atoms with Crippen LogP contribution in [0.25, 0.3) is 0 Å². The lowest BCUT2D eigenvalue weighted by atomic mass is 10.0. The van der Waals surface area contributed by atoms with Crippen LogP contribution in [0, 0.1) is 5.41 Å². The Morgan fingerprint density at radius 1 is 1.14 bits per heavy atom. The van der Waals surface area contributed by atoms with E-state index in [1.165, 1.54) is 24.1 Å². The fraction of sp³-hybridized carbons (Fsp3) is 0.647. The van der Waals surface area contributed by atoms with E-state index in [2.05, 4.69) is 34.5 Å². The molecule has 116 valence electrons. The predicted octanol–water partition coefficient (Wildman–Crippen LogP) is 1.78. The van der Waals surface area contributed by atoms with Gasteiger partial charge in [-0.25, -0.2) is 0 Å². The lowest BCUT2D eigenvalue weighted by Gasteiger charge is -2.29. The molecule has 1 aliphatic carbocycles. The largest absolute Gasteiger partial charge is 0.396 e. The second kappa shape index (κ2) is 6.77. The highest BCUT2D eigenvalue weighted by Gasteiger charge is 2.41. The van der Waals surface area contributed by atoms with Crippen LogP contribution >= 0.6 is 0 Å². The molecule has 0 atom stereocenters. The normalized spacial score (nSPS) is 20.5. The smallest absolute Gasteiger partial charge is 0.0642 e. The van der Waals surface area contributed by atoms with Crippen molar-refractivity contribution in [2.24, 2.45) is 5.41 Å². The zero-order valence-electron chi connectivity index (χ0n) is 12.7. The van der Waals surface area contributed by atoms with Gasteiger partial charge in [-0.1, -0.05) is 12.1 Å². The number of nitrogens with zero attached hydrogens (tertiary/aromatic N) is 1. The van der Waals surface area contributed by atoms with Crippen LogP contribution in [0.1, 0.15) is 24.8 Å². The number of nitrogens with one attached hydrogen (secondary N) is 1. The van der Waals surface area contributed by atoms with Crippen molar-refractivity contribution in [2.45, 2.75) is 25.8 Å². The summed E-state index contributed by atoms with van der Waals surface area (Å²) in [6.45, 7) is 5.89. The lowest BCUT2D eigenvalue weighted by Crippen LogP contribution is -2.36. The van der Waals surface area contributed by atoms with Crippen LogP contribution < -0.4 is 10.2 Å². The summed E-state index contributed by atoms with van der Waals surface area (Å²) in [4.78, 5) is 2.38. The highest BCUT2D eigenvalue weighted by molar-refractivity contribution is 5.47. The second-order valence-electron chi connectivity index (χ2n) is 6.34. The quantitative estimate of drug-likeness (QED) is 0.803. The maximum Gasteiger partial charge on any atom is 0.0642 e. The molecule has 4 nitrogen and oxygen atoms in total. The van der Waals surface area contributed by atoms with E-state index in [-0.39, 0.29) is 0 Å². The van der Waals surface area contributed by atoms with Crippen LogP contribution in [0.3, 0.4) is 0 Å². The van der Waals surface area contributed by atoms with Crippen LogP contribution in [-0.4, -0.2) is 44.6 Å². The third kappa shape index (κ3) is 3.96. The first-order valence-electron chi connectivity index (χ1n) is 8.05. The van der Waals surface area contributed by atoms with E-state index < -0.39 is 0 Å². The van der Waals surface area contributed by atoms with Gasteiger partial charge in [-0.15, -0.1) is 0 Å². The fourth-order valence-corrected chi connectivity index (χ4v) is 3.05. The molecule has 1 aliphatic heterocycles. The topological polar surface area (TPSA) is 44.7 Å². The molecule has 0 spiro atoms. The average molecular weight is 290 g/mol. The zero-order valence-corrected chi connectivity index (χ0v) is 12.7. The number of hydrogen-bond donors (Lipinski definition) is 2. The molecule has 1 heterocycles. The molecule has 0 bridgehead atoms. The van der Waals surface area contributed by atoms with E-state index in [0.29, 0.717) is 12.0 Å². The summed E-state index contributed by atoms with van der Waals surface area (Å²) < 4.78 is 5.39. The van der Waals surface area contributed by atoms with Gasteiger partial charge in [-0.2, -0.15) is 0 Å². The number of anilines is 1. The Kier molecular flexibility index (Phi) is 4.78. The predicted molar refractivity (Wildman–Crippen MR) is 84.6 cm³/mol. The molecule has 0 unspecified atom stereocenters. The molecule has 21 heavy (non-hydrogen) atoms. The van der Waals surface area contributed by atoms with E-state index >= 15 is 0 Å². The van der Waals surface area contributed by atoms with Crippen LogP contribution in [0.5, 0.6) is 0 Å². The van der Waals surface area contributed by atoms with Crippen LogP contribution in [0.2, 0.25) is 0 Å². The van der Waals surface area contributed by atoms with E-state index in [0.717, 1.165) is 45.8 Å². The summed E-state index contributed by atoms with van der Waals surface area (Å²) in [6, 6.07) is 8.85. The van der Waals surface area contributed by atoms with Gasteiger partial charge < -0.3 is 20.1 Å². The maximum atomic E-state index is 9.07. The van der Waals surface area contributed by atoms with Gasteiger partial charge in [0.15, 0.2) is 0 Å². The molecule has 1 saturated carbocycles. The molecule has 1 saturated heterocycles. The third-order valence-corrected chi connectivity index (χ3v) is 4.74. The first-order chi connectivity index (χ1) is 10.3. The molecule has 0 aromatic heterocycles. The summed E-state index contributed by atoms with van der Waals surface area (Å²) in [5.74, 6) is 0. The van der Waals surface area contributed by atoms with Crippen molar-refractivity contribution in [2.75, 3.05) is 44.4 Å². The molecule has 1 aromatic rings. The number of ether oxygens (including phenoxy) is 1. The monoisotopic (exact) mass is 290 g/mol. The first kappa shape index (κ1) is 14.8. The van der Waals surface area contributed by atoms with E-state index in [1.54, 1.807) is 0 Å². The van der Waals surface area contributed by atoms with Gasteiger partial charge in [0.25, 0.3) is 0 Å². The summed E-state index contributed by atoms with van der Waals surface area (Å²) in [5, 5.41) is 12.6. The molecule has 3 rings (SSSR count). The van der Waals surface area contributed by atoms with E-state index in [9.17, 15) is 0 Å². The van der Waals surface area contributed by atoms with Crippen molar-refractivity contribution in [3.63, 3.8) is 0 Å². The first-order valence-corrected chi connectivity index (χ1v) is 8.05. The lowest BCUT2D eigenvalue weighted by molar-refractivity contribution is 0.122. The van der Waals surface area contributed by atoms with Crippen LogP contribution in [0.15, 0.2) is 24.3 Å². The molecule has 2 N–H and O–H groups in total. The van der Waals surface area contributed by atoms with E-state index in [1.807, 2.05) is 0 Å².